The quantitative estimate of drug-likeness (QED) is 0.195. The predicted octanol–water partition coefficient (Wildman–Crippen LogP) is -4.38. The Kier molecular flexibility index (Phi) is 10.8. The summed E-state index contributed by atoms with van der Waals surface area (Å²) in [6, 6.07) is 0. The smallest absolute Gasteiger partial charge is 0.737 e. The molecule has 8 heteroatoms. The van der Waals surface area contributed by atoms with E-state index >= 15 is 0 Å². The van der Waals surface area contributed by atoms with Crippen LogP contribution in [0.25, 0.3) is 0 Å². The van der Waals surface area contributed by atoms with Crippen LogP contribution in [0.4, 0.5) is 0 Å². The van der Waals surface area contributed by atoms with Crippen molar-refractivity contribution in [1.29, 1.82) is 0 Å². The molecule has 0 aromatic rings. The minimum Gasteiger partial charge on any atom is -0.737 e. The molecule has 0 aliphatic heterocycles. The average Bonchev–Trinajstić information content (AvgIpc) is 2.03. The maximum Gasteiger partial charge on any atom is 1.00 e. The van der Waals surface area contributed by atoms with Gasteiger partial charge in [-0.05, 0) is 5.28 Å². The topological polar surface area (TPSA) is 111 Å². The number of hydrogen-bond acceptors (Lipinski definition) is 5. The van der Waals surface area contributed by atoms with E-state index in [0.717, 1.165) is 5.01 Å². The summed E-state index contributed by atoms with van der Waals surface area (Å²) in [5.41, 5.74) is 5.12. The summed E-state index contributed by atoms with van der Waals surface area (Å²) < 4.78 is 0. The number of nitrogens with two attached hydrogens (primary N) is 1. The van der Waals surface area contributed by atoms with Gasteiger partial charge in [-0.1, -0.05) is 0 Å². The van der Waals surface area contributed by atoms with Crippen molar-refractivity contribution >= 4 is 0 Å². The van der Waals surface area contributed by atoms with E-state index in [1.165, 1.54) is 0 Å². The van der Waals surface area contributed by atoms with Gasteiger partial charge in [-0.15, -0.1) is 5.01 Å². The number of rotatable bonds is 5. The van der Waals surface area contributed by atoms with Crippen molar-refractivity contribution in [3.63, 3.8) is 0 Å². The van der Waals surface area contributed by atoms with Crippen molar-refractivity contribution in [3.05, 3.63) is 10.4 Å². The molecule has 0 aliphatic carbocycles. The fourth-order valence-electron chi connectivity index (χ4n) is 0.599. The third kappa shape index (κ3) is 5.56. The molecule has 0 saturated heterocycles. The number of nitrogens with zero attached hydrogens (tertiary/aromatic N) is 3. The second-order valence-electron chi connectivity index (χ2n) is 1.80. The zero-order chi connectivity index (χ0) is 8.69. The Morgan fingerprint density at radius 3 is 2.42 bits per heavy atom. The van der Waals surface area contributed by atoms with Crippen LogP contribution in [0.5, 0.6) is 0 Å². The fraction of sp³-hybridized carbons (Fsp3) is 1.00. The number of aliphatic hydroxyl groups excluding tert-OH is 1. The van der Waals surface area contributed by atoms with E-state index in [-0.39, 0.29) is 60.8 Å². The summed E-state index contributed by atoms with van der Waals surface area (Å²) in [6.07, 6.45) is 0. The largest absolute Gasteiger partial charge is 1.00 e. The van der Waals surface area contributed by atoms with Gasteiger partial charge in [0.1, 0.15) is 0 Å². The molecule has 3 N–H and O–H groups in total. The molecule has 0 fully saturated rings. The second kappa shape index (κ2) is 9.01. The van der Waals surface area contributed by atoms with Gasteiger partial charge in [0.05, 0.1) is 19.7 Å². The van der Waals surface area contributed by atoms with E-state index in [1.54, 1.807) is 0 Å². The first-order valence-electron chi connectivity index (χ1n) is 3.12. The molecule has 0 saturated carbocycles. The van der Waals surface area contributed by atoms with Gasteiger partial charge < -0.3 is 21.3 Å². The van der Waals surface area contributed by atoms with E-state index in [2.05, 4.69) is 5.28 Å². The maximum absolute atomic E-state index is 10.5. The van der Waals surface area contributed by atoms with Gasteiger partial charge in [-0.2, -0.15) is 0 Å². The maximum atomic E-state index is 10.5. The van der Waals surface area contributed by atoms with Crippen molar-refractivity contribution in [3.8, 4) is 0 Å². The molecule has 0 bridgehead atoms. The summed E-state index contributed by atoms with van der Waals surface area (Å²) in [6.45, 7) is 0.282. The van der Waals surface area contributed by atoms with Crippen molar-refractivity contribution in [1.82, 2.24) is 5.01 Å². The molecular weight excluding hydrogens is 175 g/mol. The zero-order valence-corrected chi connectivity index (χ0v) is 9.01. The average molecular weight is 186 g/mol. The Labute approximate surface area is 92.3 Å². The van der Waals surface area contributed by atoms with E-state index in [9.17, 15) is 10.4 Å². The Hall–Kier alpha value is -0.0800. The standard InChI is InChI=1S/C4H12N4O3.Na/c5-1-2-7(3-4-9)8(11)6-10;/h9-10H,1-5H2;/q;+1/p-1/b8-6-;. The van der Waals surface area contributed by atoms with Crippen LogP contribution in [0, 0.1) is 10.4 Å². The minimum atomic E-state index is -0.214. The molecule has 0 unspecified atom stereocenters. The third-order valence-electron chi connectivity index (χ3n) is 1.06. The van der Waals surface area contributed by atoms with Crippen LogP contribution in [-0.4, -0.2) is 41.3 Å². The van der Waals surface area contributed by atoms with Gasteiger partial charge in [-0.3, -0.25) is 0 Å². The molecular formula is C4H11N4NaO3. The van der Waals surface area contributed by atoms with Gasteiger partial charge in [0.25, 0.3) is 0 Å². The molecule has 0 heterocycles. The molecule has 0 aliphatic rings. The van der Waals surface area contributed by atoms with Crippen LogP contribution in [-0.2, 0) is 0 Å². The molecule has 0 aromatic carbocycles. The summed E-state index contributed by atoms with van der Waals surface area (Å²) in [5, 5.41) is 31.7. The van der Waals surface area contributed by atoms with E-state index in [4.69, 9.17) is 10.8 Å². The molecule has 0 spiro atoms. The number of hydrazine groups is 1. The van der Waals surface area contributed by atoms with Gasteiger partial charge >= 0.3 is 29.6 Å². The van der Waals surface area contributed by atoms with E-state index in [1.807, 2.05) is 0 Å². The van der Waals surface area contributed by atoms with E-state index in [0.29, 0.717) is 0 Å². The Balaban J connectivity index is 0. The van der Waals surface area contributed by atoms with Crippen molar-refractivity contribution in [2.45, 2.75) is 0 Å². The van der Waals surface area contributed by atoms with Gasteiger partial charge in [-0.25, -0.2) is 0 Å². The first kappa shape index (κ1) is 14.4. The normalized spacial score (nSPS) is 10.7. The van der Waals surface area contributed by atoms with Gasteiger partial charge in [0.15, 0.2) is 0 Å². The first-order valence-corrected chi connectivity index (χ1v) is 3.12. The molecule has 0 atom stereocenters. The first-order chi connectivity index (χ1) is 5.26. The second-order valence-corrected chi connectivity index (χ2v) is 1.80. The molecule has 7 nitrogen and oxygen atoms in total. The van der Waals surface area contributed by atoms with Crippen molar-refractivity contribution in [2.75, 3.05) is 26.2 Å². The Bertz CT molecular complexity index is 127. The van der Waals surface area contributed by atoms with Crippen molar-refractivity contribution in [2.24, 2.45) is 11.0 Å². The molecule has 12 heavy (non-hydrogen) atoms. The Morgan fingerprint density at radius 1 is 1.50 bits per heavy atom. The Morgan fingerprint density at radius 2 is 2.08 bits per heavy atom. The minimum absolute atomic E-state index is 0. The van der Waals surface area contributed by atoms with Crippen LogP contribution in [0.15, 0.2) is 5.28 Å². The zero-order valence-electron chi connectivity index (χ0n) is 7.01. The molecule has 0 radical (unpaired) electrons. The summed E-state index contributed by atoms with van der Waals surface area (Å²) in [5.74, 6) is 0. The SMILES string of the molecule is NCCN(CCO)/[N+]([O-])=N/[O-].[Na+]. The molecule has 0 amide bonds. The van der Waals surface area contributed by atoms with Crippen LogP contribution in [0.1, 0.15) is 0 Å². The number of aliphatic hydroxyl groups is 1. The summed E-state index contributed by atoms with van der Waals surface area (Å²) >= 11 is 0. The molecule has 0 aromatic heterocycles. The van der Waals surface area contributed by atoms with Crippen LogP contribution in [0.2, 0.25) is 0 Å². The van der Waals surface area contributed by atoms with Crippen LogP contribution in [0.3, 0.4) is 0 Å². The van der Waals surface area contributed by atoms with Crippen LogP contribution < -0.4 is 35.3 Å². The predicted molar refractivity (Wildman–Crippen MR) is 37.1 cm³/mol. The van der Waals surface area contributed by atoms with E-state index < -0.39 is 0 Å². The van der Waals surface area contributed by atoms with Crippen LogP contribution >= 0.6 is 0 Å². The monoisotopic (exact) mass is 186 g/mol. The third-order valence-corrected chi connectivity index (χ3v) is 1.06. The summed E-state index contributed by atoms with van der Waals surface area (Å²) in [7, 11) is 0. The fourth-order valence-corrected chi connectivity index (χ4v) is 0.599. The molecule has 0 rings (SSSR count). The molecule has 66 valence electrons. The number of hydrogen-bond donors (Lipinski definition) is 2. The van der Waals surface area contributed by atoms with Gasteiger partial charge in [0.2, 0.25) is 0 Å². The summed E-state index contributed by atoms with van der Waals surface area (Å²) in [4.78, 5) is -0.122. The van der Waals surface area contributed by atoms with Crippen molar-refractivity contribution < 1.29 is 39.6 Å². The van der Waals surface area contributed by atoms with Gasteiger partial charge in [0, 0.05) is 11.5 Å².